The Morgan fingerprint density at radius 1 is 1.19 bits per heavy atom. The number of imidazole rings is 1. The van der Waals surface area contributed by atoms with Crippen molar-refractivity contribution in [1.82, 2.24) is 24.7 Å². The van der Waals surface area contributed by atoms with Crippen molar-refractivity contribution in [3.8, 4) is 0 Å². The normalized spacial score (nSPS) is 23.1. The molecule has 168 valence electrons. The number of hydrogen-bond acceptors (Lipinski definition) is 5. The van der Waals surface area contributed by atoms with Gasteiger partial charge in [0.05, 0.1) is 26.1 Å². The molecule has 2 fully saturated rings. The van der Waals surface area contributed by atoms with Crippen LogP contribution in [0.15, 0.2) is 36.7 Å². The molecule has 3 amide bonds. The zero-order valence-electron chi connectivity index (χ0n) is 18.1. The molecule has 5 rings (SSSR count). The van der Waals surface area contributed by atoms with E-state index in [1.54, 1.807) is 21.3 Å². The number of hydrogen-bond donors (Lipinski definition) is 1. The molecule has 1 saturated heterocycles. The van der Waals surface area contributed by atoms with Crippen LogP contribution < -0.4 is 5.32 Å². The van der Waals surface area contributed by atoms with E-state index in [1.165, 1.54) is 6.33 Å². The summed E-state index contributed by atoms with van der Waals surface area (Å²) in [5.41, 5.74) is 0.377. The van der Waals surface area contributed by atoms with Crippen molar-refractivity contribution in [3.05, 3.63) is 53.6 Å². The fourth-order valence-electron chi connectivity index (χ4n) is 4.60. The number of carbonyl (C=O) groups is 3. The van der Waals surface area contributed by atoms with Crippen LogP contribution in [0.1, 0.15) is 46.3 Å². The third-order valence-corrected chi connectivity index (χ3v) is 6.47. The van der Waals surface area contributed by atoms with Gasteiger partial charge in [-0.05, 0) is 25.3 Å². The summed E-state index contributed by atoms with van der Waals surface area (Å²) in [6.07, 6.45) is 3.22. The summed E-state index contributed by atoms with van der Waals surface area (Å²) < 4.78 is 6.99. The molecule has 1 saturated carbocycles. The minimum Gasteiger partial charge on any atom is -0.378 e. The smallest absolute Gasteiger partial charge is 0.275 e. The lowest BCUT2D eigenvalue weighted by atomic mass is 9.93. The minimum absolute atomic E-state index is 0.00460. The number of nitrogens with one attached hydrogen (secondary N) is 1. The molecule has 2 aromatic rings. The lowest BCUT2D eigenvalue weighted by molar-refractivity contribution is -0.133. The first-order chi connectivity index (χ1) is 15.5. The first kappa shape index (κ1) is 20.7. The molecule has 9 heteroatoms. The maximum Gasteiger partial charge on any atom is 0.275 e. The summed E-state index contributed by atoms with van der Waals surface area (Å²) in [5.74, 6) is -0.768. The van der Waals surface area contributed by atoms with E-state index in [2.05, 4.69) is 10.3 Å². The molecule has 32 heavy (non-hydrogen) atoms. The van der Waals surface area contributed by atoms with Crippen LogP contribution in [-0.4, -0.2) is 75.0 Å². The second-order valence-corrected chi connectivity index (χ2v) is 8.82. The topological polar surface area (TPSA) is 96.8 Å². The fraction of sp³-hybridized carbons (Fsp3) is 0.478. The van der Waals surface area contributed by atoms with Gasteiger partial charge in [0.15, 0.2) is 5.69 Å². The standard InChI is InChI=1S/C23H27N5O4/c1-23(22(31)24-13-16-5-3-2-4-6-16)14-27-15-25-18(20(29)26-9-11-32-12-10-26)19(27)21(30)28(23)17-7-8-17/h2-6,15,17H,7-14H2,1H3,(H,24,31)/t23-/m1/s1. The first-order valence-corrected chi connectivity index (χ1v) is 11.1. The van der Waals surface area contributed by atoms with Gasteiger partial charge in [-0.3, -0.25) is 14.4 Å². The zero-order chi connectivity index (χ0) is 22.3. The van der Waals surface area contributed by atoms with Crippen molar-refractivity contribution >= 4 is 17.7 Å². The molecule has 0 spiro atoms. The fourth-order valence-corrected chi connectivity index (χ4v) is 4.60. The van der Waals surface area contributed by atoms with Crippen LogP contribution in [0.5, 0.6) is 0 Å². The SMILES string of the molecule is C[C@]1(C(=O)NCc2ccccc2)Cn2cnc(C(=O)N3CCOCC3)c2C(=O)N1C1CC1. The molecule has 1 aliphatic carbocycles. The summed E-state index contributed by atoms with van der Waals surface area (Å²) in [7, 11) is 0. The zero-order valence-corrected chi connectivity index (χ0v) is 18.1. The van der Waals surface area contributed by atoms with Gasteiger partial charge in [0, 0.05) is 25.7 Å². The Morgan fingerprint density at radius 3 is 2.59 bits per heavy atom. The van der Waals surface area contributed by atoms with Gasteiger partial charge in [-0.1, -0.05) is 30.3 Å². The molecule has 0 unspecified atom stereocenters. The summed E-state index contributed by atoms with van der Waals surface area (Å²) in [6.45, 7) is 4.35. The van der Waals surface area contributed by atoms with E-state index >= 15 is 0 Å². The Labute approximate surface area is 186 Å². The van der Waals surface area contributed by atoms with Gasteiger partial charge in [0.1, 0.15) is 11.2 Å². The van der Waals surface area contributed by atoms with Crippen LogP contribution >= 0.6 is 0 Å². The van der Waals surface area contributed by atoms with Gasteiger partial charge in [-0.15, -0.1) is 0 Å². The summed E-state index contributed by atoms with van der Waals surface area (Å²) in [4.78, 5) is 47.7. The van der Waals surface area contributed by atoms with Gasteiger partial charge in [-0.2, -0.15) is 0 Å². The van der Waals surface area contributed by atoms with Crippen molar-refractivity contribution < 1.29 is 19.1 Å². The van der Waals surface area contributed by atoms with Gasteiger partial charge < -0.3 is 24.4 Å². The molecule has 1 N–H and O–H groups in total. The Hall–Kier alpha value is -3.20. The molecule has 3 heterocycles. The number of benzene rings is 1. The second-order valence-electron chi connectivity index (χ2n) is 8.82. The Morgan fingerprint density at radius 2 is 1.91 bits per heavy atom. The molecule has 1 atom stereocenters. The van der Waals surface area contributed by atoms with Crippen molar-refractivity contribution in [2.45, 2.75) is 44.4 Å². The van der Waals surface area contributed by atoms with E-state index in [4.69, 9.17) is 4.74 Å². The van der Waals surface area contributed by atoms with Crippen LogP contribution in [0.3, 0.4) is 0 Å². The number of morpholine rings is 1. The monoisotopic (exact) mass is 437 g/mol. The molecule has 0 bridgehead atoms. The highest BCUT2D eigenvalue weighted by atomic mass is 16.5. The Kier molecular flexibility index (Phi) is 5.21. The number of aromatic nitrogens is 2. The molecule has 2 aliphatic heterocycles. The van der Waals surface area contributed by atoms with Crippen molar-refractivity contribution in [1.29, 1.82) is 0 Å². The van der Waals surface area contributed by atoms with Crippen LogP contribution in [0.4, 0.5) is 0 Å². The predicted molar refractivity (Wildman–Crippen MR) is 115 cm³/mol. The van der Waals surface area contributed by atoms with Crippen molar-refractivity contribution in [2.75, 3.05) is 26.3 Å². The molecule has 1 aromatic heterocycles. The van der Waals surface area contributed by atoms with E-state index in [-0.39, 0.29) is 41.7 Å². The molecule has 0 radical (unpaired) electrons. The van der Waals surface area contributed by atoms with Gasteiger partial charge in [-0.25, -0.2) is 4.98 Å². The summed E-state index contributed by atoms with van der Waals surface area (Å²) in [6, 6.07) is 9.68. The van der Waals surface area contributed by atoms with Gasteiger partial charge in [0.25, 0.3) is 11.8 Å². The first-order valence-electron chi connectivity index (χ1n) is 11.1. The quantitative estimate of drug-likeness (QED) is 0.754. The summed E-state index contributed by atoms with van der Waals surface area (Å²) >= 11 is 0. The van der Waals surface area contributed by atoms with E-state index < -0.39 is 5.54 Å². The predicted octanol–water partition coefficient (Wildman–Crippen LogP) is 1.05. The lowest BCUT2D eigenvalue weighted by Crippen LogP contribution is -2.64. The van der Waals surface area contributed by atoms with Crippen LogP contribution in [-0.2, 0) is 22.6 Å². The largest absolute Gasteiger partial charge is 0.378 e. The van der Waals surface area contributed by atoms with Gasteiger partial charge in [0.2, 0.25) is 5.91 Å². The number of rotatable bonds is 5. The van der Waals surface area contributed by atoms with E-state index in [0.29, 0.717) is 32.8 Å². The molecule has 1 aromatic carbocycles. The Bertz CT molecular complexity index is 1040. The average molecular weight is 438 g/mol. The second kappa shape index (κ2) is 8.05. The lowest BCUT2D eigenvalue weighted by Gasteiger charge is -2.44. The number of amides is 3. The van der Waals surface area contributed by atoms with E-state index in [9.17, 15) is 14.4 Å². The van der Waals surface area contributed by atoms with E-state index in [0.717, 1.165) is 18.4 Å². The summed E-state index contributed by atoms with van der Waals surface area (Å²) in [5, 5.41) is 3.00. The van der Waals surface area contributed by atoms with E-state index in [1.807, 2.05) is 30.3 Å². The molecular formula is C23H27N5O4. The van der Waals surface area contributed by atoms with Crippen molar-refractivity contribution in [2.24, 2.45) is 0 Å². The number of carbonyl (C=O) groups excluding carboxylic acids is 3. The highest BCUT2D eigenvalue weighted by molar-refractivity contribution is 6.07. The van der Waals surface area contributed by atoms with Crippen LogP contribution in [0, 0.1) is 0 Å². The highest BCUT2D eigenvalue weighted by Gasteiger charge is 2.53. The molecule has 9 nitrogen and oxygen atoms in total. The average Bonchev–Trinajstić information content (AvgIpc) is 3.56. The number of fused-ring (bicyclic) bond motifs is 1. The molecular weight excluding hydrogens is 410 g/mol. The van der Waals surface area contributed by atoms with Crippen LogP contribution in [0.2, 0.25) is 0 Å². The third-order valence-electron chi connectivity index (χ3n) is 6.47. The van der Waals surface area contributed by atoms with Gasteiger partial charge >= 0.3 is 0 Å². The van der Waals surface area contributed by atoms with Crippen molar-refractivity contribution in [3.63, 3.8) is 0 Å². The van der Waals surface area contributed by atoms with Crippen LogP contribution in [0.25, 0.3) is 0 Å². The maximum atomic E-state index is 13.7. The number of nitrogens with zero attached hydrogens (tertiary/aromatic N) is 4. The Balaban J connectivity index is 1.42. The molecule has 3 aliphatic rings. The minimum atomic E-state index is -1.06. The third kappa shape index (κ3) is 3.56. The highest BCUT2D eigenvalue weighted by Crippen LogP contribution is 2.39. The number of ether oxygens (including phenoxy) is 1. The maximum absolute atomic E-state index is 13.7.